The molecule has 0 saturated carbocycles. The third-order valence-corrected chi connectivity index (χ3v) is 3.44. The summed E-state index contributed by atoms with van der Waals surface area (Å²) in [5.41, 5.74) is 0. The first-order valence-electron chi connectivity index (χ1n) is 6.60. The SMILES string of the molecule is CCCCCCCCCCO[PH](=O)OCC. The summed E-state index contributed by atoms with van der Waals surface area (Å²) in [6, 6.07) is 0. The highest BCUT2D eigenvalue weighted by atomic mass is 31.1. The van der Waals surface area contributed by atoms with E-state index in [1.165, 1.54) is 44.9 Å². The van der Waals surface area contributed by atoms with Gasteiger partial charge in [-0.25, -0.2) is 0 Å². The van der Waals surface area contributed by atoms with Gasteiger partial charge >= 0.3 is 8.25 Å². The highest BCUT2D eigenvalue weighted by molar-refractivity contribution is 7.33. The van der Waals surface area contributed by atoms with Crippen LogP contribution in [0.1, 0.15) is 65.2 Å². The van der Waals surface area contributed by atoms with Crippen molar-refractivity contribution in [2.75, 3.05) is 13.2 Å². The van der Waals surface area contributed by atoms with Crippen molar-refractivity contribution < 1.29 is 13.6 Å². The van der Waals surface area contributed by atoms with E-state index in [2.05, 4.69) is 6.92 Å². The van der Waals surface area contributed by atoms with Gasteiger partial charge in [-0.2, -0.15) is 0 Å². The van der Waals surface area contributed by atoms with Gasteiger partial charge < -0.3 is 9.05 Å². The molecule has 0 rings (SSSR count). The summed E-state index contributed by atoms with van der Waals surface area (Å²) in [4.78, 5) is 0. The van der Waals surface area contributed by atoms with Gasteiger partial charge in [-0.3, -0.25) is 4.57 Å². The zero-order valence-corrected chi connectivity index (χ0v) is 11.8. The van der Waals surface area contributed by atoms with E-state index in [0.29, 0.717) is 13.2 Å². The molecule has 0 saturated heterocycles. The summed E-state index contributed by atoms with van der Waals surface area (Å²) >= 11 is 0. The maximum absolute atomic E-state index is 11.0. The van der Waals surface area contributed by atoms with Gasteiger partial charge in [0.1, 0.15) is 0 Å². The van der Waals surface area contributed by atoms with Gasteiger partial charge in [0, 0.05) is 0 Å². The molecular formula is C12H27O3P. The van der Waals surface area contributed by atoms with Gasteiger partial charge in [-0.1, -0.05) is 51.9 Å². The van der Waals surface area contributed by atoms with E-state index in [4.69, 9.17) is 9.05 Å². The van der Waals surface area contributed by atoms with Gasteiger partial charge in [0.15, 0.2) is 0 Å². The lowest BCUT2D eigenvalue weighted by Gasteiger charge is -2.04. The average molecular weight is 250 g/mol. The Morgan fingerprint density at radius 3 is 1.94 bits per heavy atom. The van der Waals surface area contributed by atoms with Crippen LogP contribution in [0.15, 0.2) is 0 Å². The van der Waals surface area contributed by atoms with Crippen molar-refractivity contribution >= 4 is 8.25 Å². The van der Waals surface area contributed by atoms with E-state index in [9.17, 15) is 4.57 Å². The molecule has 0 aromatic rings. The van der Waals surface area contributed by atoms with Crippen molar-refractivity contribution in [3.05, 3.63) is 0 Å². The molecule has 0 aromatic carbocycles. The lowest BCUT2D eigenvalue weighted by Crippen LogP contribution is -1.89. The Morgan fingerprint density at radius 1 is 0.812 bits per heavy atom. The molecule has 0 radical (unpaired) electrons. The second-order valence-electron chi connectivity index (χ2n) is 4.01. The van der Waals surface area contributed by atoms with Gasteiger partial charge in [-0.15, -0.1) is 0 Å². The van der Waals surface area contributed by atoms with Crippen molar-refractivity contribution in [3.8, 4) is 0 Å². The predicted molar refractivity (Wildman–Crippen MR) is 69.2 cm³/mol. The Kier molecular flexibility index (Phi) is 13.3. The van der Waals surface area contributed by atoms with Crippen molar-refractivity contribution in [1.29, 1.82) is 0 Å². The predicted octanol–water partition coefficient (Wildman–Crippen LogP) is 4.57. The molecule has 16 heavy (non-hydrogen) atoms. The van der Waals surface area contributed by atoms with Crippen LogP contribution >= 0.6 is 8.25 Å². The van der Waals surface area contributed by atoms with E-state index in [1.807, 2.05) is 6.92 Å². The summed E-state index contributed by atoms with van der Waals surface area (Å²) in [5, 5.41) is 0. The molecule has 0 heterocycles. The zero-order chi connectivity index (χ0) is 12.1. The standard InChI is InChI=1S/C12H27O3P/c1-3-5-6-7-8-9-10-11-12-15-16(13)14-4-2/h16H,3-12H2,1-2H3. The molecule has 4 heteroatoms. The highest BCUT2D eigenvalue weighted by Crippen LogP contribution is 2.23. The van der Waals surface area contributed by atoms with Crippen LogP contribution in [-0.4, -0.2) is 13.2 Å². The second kappa shape index (κ2) is 13.2. The molecule has 0 aromatic heterocycles. The van der Waals surface area contributed by atoms with Crippen LogP contribution in [0.5, 0.6) is 0 Å². The van der Waals surface area contributed by atoms with E-state index in [-0.39, 0.29) is 0 Å². The lowest BCUT2D eigenvalue weighted by atomic mass is 10.1. The van der Waals surface area contributed by atoms with Gasteiger partial charge in [0.05, 0.1) is 13.2 Å². The van der Waals surface area contributed by atoms with Crippen LogP contribution in [0.25, 0.3) is 0 Å². The minimum absolute atomic E-state index is 0.467. The largest absolute Gasteiger partial charge is 0.319 e. The van der Waals surface area contributed by atoms with Crippen molar-refractivity contribution in [2.24, 2.45) is 0 Å². The van der Waals surface area contributed by atoms with Crippen LogP contribution in [0, 0.1) is 0 Å². The summed E-state index contributed by atoms with van der Waals surface area (Å²) in [6.45, 7) is 5.10. The van der Waals surface area contributed by atoms with Gasteiger partial charge in [0.2, 0.25) is 0 Å². The Bertz CT molecular complexity index is 162. The summed E-state index contributed by atoms with van der Waals surface area (Å²) in [7, 11) is -2.19. The topological polar surface area (TPSA) is 35.5 Å². The van der Waals surface area contributed by atoms with Gasteiger partial charge in [0.25, 0.3) is 0 Å². The molecule has 98 valence electrons. The molecule has 0 aliphatic rings. The molecule has 0 aliphatic heterocycles. The van der Waals surface area contributed by atoms with E-state index >= 15 is 0 Å². The monoisotopic (exact) mass is 250 g/mol. The molecule has 0 spiro atoms. The van der Waals surface area contributed by atoms with E-state index in [0.717, 1.165) is 6.42 Å². The first-order chi connectivity index (χ1) is 7.81. The minimum atomic E-state index is -2.19. The van der Waals surface area contributed by atoms with Crippen LogP contribution in [0.2, 0.25) is 0 Å². The molecular weight excluding hydrogens is 223 g/mol. The molecule has 0 bridgehead atoms. The average Bonchev–Trinajstić information content (AvgIpc) is 2.27. The minimum Gasteiger partial charge on any atom is -0.311 e. The Morgan fingerprint density at radius 2 is 1.38 bits per heavy atom. The Hall–Kier alpha value is 0.150. The second-order valence-corrected chi connectivity index (χ2v) is 5.08. The normalized spacial score (nSPS) is 12.9. The molecule has 1 atom stereocenters. The summed E-state index contributed by atoms with van der Waals surface area (Å²) in [5.74, 6) is 0. The van der Waals surface area contributed by atoms with Crippen molar-refractivity contribution in [2.45, 2.75) is 65.2 Å². The first kappa shape index (κ1) is 16.1. The van der Waals surface area contributed by atoms with Crippen molar-refractivity contribution in [1.82, 2.24) is 0 Å². The van der Waals surface area contributed by atoms with E-state index < -0.39 is 8.25 Å². The molecule has 3 nitrogen and oxygen atoms in total. The number of rotatable bonds is 12. The maximum atomic E-state index is 11.0. The molecule has 0 N–H and O–H groups in total. The summed E-state index contributed by atoms with van der Waals surface area (Å²) < 4.78 is 20.9. The summed E-state index contributed by atoms with van der Waals surface area (Å²) in [6.07, 6.45) is 10.1. The number of hydrogen-bond donors (Lipinski definition) is 0. The smallest absolute Gasteiger partial charge is 0.311 e. The first-order valence-corrected chi connectivity index (χ1v) is 7.83. The number of hydrogen-bond acceptors (Lipinski definition) is 3. The molecule has 0 fully saturated rings. The quantitative estimate of drug-likeness (QED) is 0.376. The zero-order valence-electron chi connectivity index (χ0n) is 10.8. The van der Waals surface area contributed by atoms with Crippen molar-refractivity contribution in [3.63, 3.8) is 0 Å². The number of unbranched alkanes of at least 4 members (excludes halogenated alkanes) is 7. The fourth-order valence-electron chi connectivity index (χ4n) is 1.55. The fourth-order valence-corrected chi connectivity index (χ4v) is 2.18. The Balaban J connectivity index is 3.01. The maximum Gasteiger partial charge on any atom is 0.319 e. The Labute approximate surface area is 101 Å². The van der Waals surface area contributed by atoms with Crippen LogP contribution < -0.4 is 0 Å². The third kappa shape index (κ3) is 12.2. The highest BCUT2D eigenvalue weighted by Gasteiger charge is 1.97. The molecule has 1 unspecified atom stereocenters. The van der Waals surface area contributed by atoms with Crippen LogP contribution in [-0.2, 0) is 13.6 Å². The van der Waals surface area contributed by atoms with Crippen LogP contribution in [0.3, 0.4) is 0 Å². The van der Waals surface area contributed by atoms with E-state index in [1.54, 1.807) is 0 Å². The molecule has 0 amide bonds. The lowest BCUT2D eigenvalue weighted by molar-refractivity contribution is 0.229. The third-order valence-electron chi connectivity index (χ3n) is 2.48. The fraction of sp³-hybridized carbons (Fsp3) is 1.00. The molecule has 0 aliphatic carbocycles. The van der Waals surface area contributed by atoms with Gasteiger partial charge in [-0.05, 0) is 13.3 Å². The van der Waals surface area contributed by atoms with Crippen LogP contribution in [0.4, 0.5) is 0 Å².